The van der Waals surface area contributed by atoms with Crippen LogP contribution in [0.4, 0.5) is 5.95 Å². The van der Waals surface area contributed by atoms with Gasteiger partial charge in [-0.3, -0.25) is 0 Å². The van der Waals surface area contributed by atoms with Crippen molar-refractivity contribution in [1.82, 2.24) is 9.97 Å². The number of hydrogen-bond donors (Lipinski definition) is 1. The lowest BCUT2D eigenvalue weighted by Crippen LogP contribution is -2.34. The van der Waals surface area contributed by atoms with Crippen LogP contribution in [0.25, 0.3) is 0 Å². The first-order chi connectivity index (χ1) is 7.15. The van der Waals surface area contributed by atoms with E-state index in [1.54, 1.807) is 6.20 Å². The summed E-state index contributed by atoms with van der Waals surface area (Å²) in [5, 5.41) is 0. The van der Waals surface area contributed by atoms with Crippen LogP contribution in [-0.2, 0) is 0 Å². The Labute approximate surface area is 91.5 Å². The summed E-state index contributed by atoms with van der Waals surface area (Å²) in [6.45, 7) is 7.88. The van der Waals surface area contributed by atoms with Gasteiger partial charge in [-0.2, -0.15) is 0 Å². The van der Waals surface area contributed by atoms with Gasteiger partial charge in [0.05, 0.1) is 0 Å². The van der Waals surface area contributed by atoms with E-state index in [2.05, 4.69) is 28.7 Å². The highest BCUT2D eigenvalue weighted by atomic mass is 15.3. The predicted molar refractivity (Wildman–Crippen MR) is 62.9 cm³/mol. The van der Waals surface area contributed by atoms with Crippen molar-refractivity contribution in [2.75, 3.05) is 18.0 Å². The van der Waals surface area contributed by atoms with Crippen molar-refractivity contribution in [2.24, 2.45) is 5.73 Å². The van der Waals surface area contributed by atoms with Gasteiger partial charge >= 0.3 is 0 Å². The molecule has 0 aromatic carbocycles. The molecule has 0 radical (unpaired) electrons. The summed E-state index contributed by atoms with van der Waals surface area (Å²) in [4.78, 5) is 10.9. The molecule has 0 aliphatic rings. The van der Waals surface area contributed by atoms with Gasteiger partial charge in [-0.05, 0) is 39.8 Å². The Bertz CT molecular complexity index is 298. The molecule has 84 valence electrons. The van der Waals surface area contributed by atoms with Gasteiger partial charge in [0.25, 0.3) is 0 Å². The lowest BCUT2D eigenvalue weighted by molar-refractivity contribution is 0.638. The van der Waals surface area contributed by atoms with E-state index in [-0.39, 0.29) is 0 Å². The van der Waals surface area contributed by atoms with Crippen molar-refractivity contribution in [1.29, 1.82) is 0 Å². The number of nitrogens with zero attached hydrogens (tertiary/aromatic N) is 3. The van der Waals surface area contributed by atoms with E-state index in [1.807, 2.05) is 13.0 Å². The molecule has 0 spiro atoms. The third-order valence-electron chi connectivity index (χ3n) is 2.27. The summed E-state index contributed by atoms with van der Waals surface area (Å²) in [5.41, 5.74) is 6.52. The first-order valence-corrected chi connectivity index (χ1v) is 5.41. The third-order valence-corrected chi connectivity index (χ3v) is 2.27. The second-order valence-electron chi connectivity index (χ2n) is 3.93. The van der Waals surface area contributed by atoms with Crippen LogP contribution in [-0.4, -0.2) is 29.1 Å². The molecule has 0 saturated heterocycles. The average Bonchev–Trinajstić information content (AvgIpc) is 2.18. The van der Waals surface area contributed by atoms with Crippen molar-refractivity contribution in [3.05, 3.63) is 18.0 Å². The molecule has 0 saturated carbocycles. The second-order valence-corrected chi connectivity index (χ2v) is 3.93. The van der Waals surface area contributed by atoms with Gasteiger partial charge in [-0.15, -0.1) is 0 Å². The summed E-state index contributed by atoms with van der Waals surface area (Å²) in [6.07, 6.45) is 2.77. The number of hydrogen-bond acceptors (Lipinski definition) is 4. The predicted octanol–water partition coefficient (Wildman–Crippen LogP) is 1.35. The molecule has 4 heteroatoms. The Balaban J connectivity index is 2.79. The summed E-state index contributed by atoms with van der Waals surface area (Å²) < 4.78 is 0. The van der Waals surface area contributed by atoms with Gasteiger partial charge in [0, 0.05) is 24.5 Å². The largest absolute Gasteiger partial charge is 0.338 e. The van der Waals surface area contributed by atoms with Crippen LogP contribution < -0.4 is 10.6 Å². The molecule has 1 aromatic rings. The molecule has 2 N–H and O–H groups in total. The van der Waals surface area contributed by atoms with Crippen LogP contribution in [0.15, 0.2) is 12.3 Å². The normalized spacial score (nSPS) is 10.7. The van der Waals surface area contributed by atoms with E-state index in [4.69, 9.17) is 5.73 Å². The van der Waals surface area contributed by atoms with Crippen molar-refractivity contribution in [3.63, 3.8) is 0 Å². The summed E-state index contributed by atoms with van der Waals surface area (Å²) in [5.74, 6) is 0.804. The third kappa shape index (κ3) is 3.47. The maximum Gasteiger partial charge on any atom is 0.225 e. The molecule has 0 amide bonds. The van der Waals surface area contributed by atoms with Gasteiger partial charge < -0.3 is 10.6 Å². The zero-order valence-corrected chi connectivity index (χ0v) is 9.77. The number of aromatic nitrogens is 2. The van der Waals surface area contributed by atoms with E-state index < -0.39 is 0 Å². The molecule has 0 aliphatic carbocycles. The number of anilines is 1. The highest BCUT2D eigenvalue weighted by Gasteiger charge is 2.12. The zero-order chi connectivity index (χ0) is 11.3. The second kappa shape index (κ2) is 5.66. The van der Waals surface area contributed by atoms with Gasteiger partial charge in [0.2, 0.25) is 5.95 Å². The number of nitrogens with two attached hydrogens (primary N) is 1. The Morgan fingerprint density at radius 1 is 1.47 bits per heavy atom. The summed E-state index contributed by atoms with van der Waals surface area (Å²) in [6, 6.07) is 2.31. The van der Waals surface area contributed by atoms with Gasteiger partial charge in [0.1, 0.15) is 0 Å². The molecule has 0 atom stereocenters. The van der Waals surface area contributed by atoms with Crippen molar-refractivity contribution in [2.45, 2.75) is 33.2 Å². The first-order valence-electron chi connectivity index (χ1n) is 5.41. The molecule has 15 heavy (non-hydrogen) atoms. The molecule has 0 unspecified atom stereocenters. The molecule has 0 bridgehead atoms. The van der Waals surface area contributed by atoms with E-state index in [9.17, 15) is 0 Å². The fraction of sp³-hybridized carbons (Fsp3) is 0.636. The Morgan fingerprint density at radius 2 is 2.20 bits per heavy atom. The minimum absolute atomic E-state index is 0.401. The van der Waals surface area contributed by atoms with E-state index in [0.717, 1.165) is 24.6 Å². The Morgan fingerprint density at radius 3 is 2.73 bits per heavy atom. The molecule has 4 nitrogen and oxygen atoms in total. The van der Waals surface area contributed by atoms with Crippen LogP contribution in [0, 0.1) is 6.92 Å². The standard InChI is InChI=1S/C11H20N4/c1-9(2)15(8-4-6-12)11-13-7-5-10(3)14-11/h5,7,9H,4,6,8,12H2,1-3H3. The van der Waals surface area contributed by atoms with Crippen molar-refractivity contribution in [3.8, 4) is 0 Å². The SMILES string of the molecule is Cc1ccnc(N(CCCN)C(C)C)n1. The lowest BCUT2D eigenvalue weighted by Gasteiger charge is -2.26. The lowest BCUT2D eigenvalue weighted by atomic mass is 10.3. The van der Waals surface area contributed by atoms with Crippen LogP contribution in [0.2, 0.25) is 0 Å². The molecule has 1 heterocycles. The topological polar surface area (TPSA) is 55.0 Å². The maximum absolute atomic E-state index is 5.52. The van der Waals surface area contributed by atoms with Crippen LogP contribution in [0.5, 0.6) is 0 Å². The van der Waals surface area contributed by atoms with Crippen LogP contribution in [0.1, 0.15) is 26.0 Å². The van der Waals surface area contributed by atoms with E-state index in [1.165, 1.54) is 0 Å². The molecule has 0 fully saturated rings. The molecule has 0 aliphatic heterocycles. The van der Waals surface area contributed by atoms with E-state index >= 15 is 0 Å². The Kier molecular flexibility index (Phi) is 4.49. The van der Waals surface area contributed by atoms with Gasteiger partial charge in [-0.1, -0.05) is 0 Å². The molecular weight excluding hydrogens is 188 g/mol. The minimum Gasteiger partial charge on any atom is -0.338 e. The molecular formula is C11H20N4. The maximum atomic E-state index is 5.52. The molecule has 1 rings (SSSR count). The quantitative estimate of drug-likeness (QED) is 0.793. The zero-order valence-electron chi connectivity index (χ0n) is 9.77. The van der Waals surface area contributed by atoms with E-state index in [0.29, 0.717) is 12.6 Å². The summed E-state index contributed by atoms with van der Waals surface area (Å²) >= 11 is 0. The van der Waals surface area contributed by atoms with Crippen LogP contribution in [0.3, 0.4) is 0 Å². The number of aryl methyl sites for hydroxylation is 1. The minimum atomic E-state index is 0.401. The van der Waals surface area contributed by atoms with Crippen molar-refractivity contribution < 1.29 is 0 Å². The average molecular weight is 208 g/mol. The van der Waals surface area contributed by atoms with Gasteiger partial charge in [-0.25, -0.2) is 9.97 Å². The highest BCUT2D eigenvalue weighted by Crippen LogP contribution is 2.11. The smallest absolute Gasteiger partial charge is 0.225 e. The summed E-state index contributed by atoms with van der Waals surface area (Å²) in [7, 11) is 0. The fourth-order valence-corrected chi connectivity index (χ4v) is 1.42. The van der Waals surface area contributed by atoms with Crippen molar-refractivity contribution >= 4 is 5.95 Å². The number of rotatable bonds is 5. The highest BCUT2D eigenvalue weighted by molar-refractivity contribution is 5.31. The molecule has 1 aromatic heterocycles. The fourth-order valence-electron chi connectivity index (χ4n) is 1.42. The van der Waals surface area contributed by atoms with Crippen LogP contribution >= 0.6 is 0 Å². The Hall–Kier alpha value is -1.16. The first kappa shape index (κ1) is 11.9. The van der Waals surface area contributed by atoms with Gasteiger partial charge in [0.15, 0.2) is 0 Å². The monoisotopic (exact) mass is 208 g/mol.